The van der Waals surface area contributed by atoms with Gasteiger partial charge in [0.25, 0.3) is 0 Å². The van der Waals surface area contributed by atoms with Gasteiger partial charge in [0, 0.05) is 31.8 Å². The first-order chi connectivity index (χ1) is 9.13. The molecule has 0 saturated carbocycles. The number of likely N-dealkylation sites (N-methyl/N-ethyl adjacent to an activating group) is 1. The fraction of sp³-hybridized carbons (Fsp3) is 0.800. The van der Waals surface area contributed by atoms with Crippen LogP contribution in [-0.4, -0.2) is 61.5 Å². The van der Waals surface area contributed by atoms with Gasteiger partial charge in [-0.05, 0) is 45.5 Å². The van der Waals surface area contributed by atoms with Gasteiger partial charge >= 0.3 is 0 Å². The summed E-state index contributed by atoms with van der Waals surface area (Å²) in [7, 11) is 0. The van der Waals surface area contributed by atoms with E-state index in [1.54, 1.807) is 0 Å². The second-order valence-electron chi connectivity index (χ2n) is 5.10. The third kappa shape index (κ3) is 4.62. The summed E-state index contributed by atoms with van der Waals surface area (Å²) in [6.45, 7) is 15.1. The normalized spacial score (nSPS) is 14.5. The lowest BCUT2D eigenvalue weighted by Gasteiger charge is -2.27. The van der Waals surface area contributed by atoms with Crippen molar-refractivity contribution in [2.75, 3.05) is 45.8 Å². The number of rotatable bonds is 8. The summed E-state index contributed by atoms with van der Waals surface area (Å²) >= 11 is 0. The van der Waals surface area contributed by atoms with Crippen molar-refractivity contribution in [2.45, 2.75) is 34.1 Å². The van der Waals surface area contributed by atoms with Crippen LogP contribution in [0, 0.1) is 0 Å². The van der Waals surface area contributed by atoms with Crippen LogP contribution in [0.25, 0.3) is 0 Å². The Morgan fingerprint density at radius 3 is 2.16 bits per heavy atom. The number of hydrogen-bond acceptors (Lipinski definition) is 3. The van der Waals surface area contributed by atoms with Crippen LogP contribution in [0.1, 0.15) is 34.1 Å². The zero-order valence-electron chi connectivity index (χ0n) is 13.0. The molecule has 0 aromatic carbocycles. The maximum atomic E-state index is 12.3. The molecule has 4 nitrogen and oxygen atoms in total. The van der Waals surface area contributed by atoms with Gasteiger partial charge in [-0.1, -0.05) is 13.8 Å². The Hall–Kier alpha value is -0.870. The largest absolute Gasteiger partial charge is 0.339 e. The molecule has 0 bridgehead atoms. The summed E-state index contributed by atoms with van der Waals surface area (Å²) in [6.07, 6.45) is 1.06. The predicted molar refractivity (Wildman–Crippen MR) is 80.2 cm³/mol. The Morgan fingerprint density at radius 1 is 1.11 bits per heavy atom. The molecule has 4 heteroatoms. The van der Waals surface area contributed by atoms with Gasteiger partial charge in [0.1, 0.15) is 0 Å². The Balaban J connectivity index is 2.42. The van der Waals surface area contributed by atoms with Crippen LogP contribution in [-0.2, 0) is 4.79 Å². The monoisotopic (exact) mass is 267 g/mol. The van der Waals surface area contributed by atoms with Crippen LogP contribution in [0.2, 0.25) is 0 Å². The molecule has 0 radical (unpaired) electrons. The SMILES string of the molecule is CCN(CC)CCCN(CC)C(=O)C(C)=C1CNC1. The lowest BCUT2D eigenvalue weighted by molar-refractivity contribution is -0.127. The van der Waals surface area contributed by atoms with Gasteiger partial charge in [0.2, 0.25) is 5.91 Å². The number of hydrogen-bond donors (Lipinski definition) is 1. The molecule has 1 fully saturated rings. The third-order valence-corrected chi connectivity index (χ3v) is 3.99. The van der Waals surface area contributed by atoms with E-state index in [0.29, 0.717) is 0 Å². The zero-order chi connectivity index (χ0) is 14.3. The van der Waals surface area contributed by atoms with Crippen molar-refractivity contribution in [3.63, 3.8) is 0 Å². The summed E-state index contributed by atoms with van der Waals surface area (Å²) in [6, 6.07) is 0. The molecule has 0 aromatic heterocycles. The van der Waals surface area contributed by atoms with Crippen LogP contribution < -0.4 is 5.32 Å². The van der Waals surface area contributed by atoms with Crippen molar-refractivity contribution in [3.8, 4) is 0 Å². The van der Waals surface area contributed by atoms with Crippen molar-refractivity contribution in [1.29, 1.82) is 0 Å². The maximum Gasteiger partial charge on any atom is 0.249 e. The van der Waals surface area contributed by atoms with Crippen LogP contribution in [0.4, 0.5) is 0 Å². The number of carbonyl (C=O) groups is 1. The Bertz CT molecular complexity index is 315. The molecule has 0 aromatic rings. The van der Waals surface area contributed by atoms with Crippen molar-refractivity contribution >= 4 is 5.91 Å². The number of carbonyl (C=O) groups excluding carboxylic acids is 1. The molecule has 1 rings (SSSR count). The summed E-state index contributed by atoms with van der Waals surface area (Å²) in [5.41, 5.74) is 2.22. The van der Waals surface area contributed by atoms with E-state index in [9.17, 15) is 4.79 Å². The maximum absolute atomic E-state index is 12.3. The standard InChI is InChI=1S/C15H29N3O/c1-5-17(6-2)9-8-10-18(7-3)15(19)13(4)14-11-16-12-14/h16H,5-12H2,1-4H3. The minimum atomic E-state index is 0.221. The molecule has 1 amide bonds. The van der Waals surface area contributed by atoms with Crippen molar-refractivity contribution in [1.82, 2.24) is 15.1 Å². The van der Waals surface area contributed by atoms with Crippen molar-refractivity contribution in [2.24, 2.45) is 0 Å². The van der Waals surface area contributed by atoms with Crippen LogP contribution >= 0.6 is 0 Å². The second kappa shape index (κ2) is 8.33. The van der Waals surface area contributed by atoms with E-state index in [1.807, 2.05) is 11.8 Å². The quantitative estimate of drug-likeness (QED) is 0.677. The zero-order valence-corrected chi connectivity index (χ0v) is 13.0. The van der Waals surface area contributed by atoms with Gasteiger partial charge in [-0.2, -0.15) is 0 Å². The molecular weight excluding hydrogens is 238 g/mol. The molecule has 19 heavy (non-hydrogen) atoms. The smallest absolute Gasteiger partial charge is 0.249 e. The fourth-order valence-electron chi connectivity index (χ4n) is 2.33. The van der Waals surface area contributed by atoms with Gasteiger partial charge in [-0.3, -0.25) is 4.79 Å². The second-order valence-corrected chi connectivity index (χ2v) is 5.10. The molecular formula is C15H29N3O. The average molecular weight is 267 g/mol. The molecule has 0 unspecified atom stereocenters. The fourth-order valence-corrected chi connectivity index (χ4v) is 2.33. The van der Waals surface area contributed by atoms with Gasteiger partial charge in [-0.25, -0.2) is 0 Å². The molecule has 1 saturated heterocycles. The third-order valence-electron chi connectivity index (χ3n) is 3.99. The first-order valence-corrected chi connectivity index (χ1v) is 7.54. The highest BCUT2D eigenvalue weighted by Gasteiger charge is 2.19. The van der Waals surface area contributed by atoms with Crippen LogP contribution in [0.15, 0.2) is 11.1 Å². The van der Waals surface area contributed by atoms with Crippen LogP contribution in [0.3, 0.4) is 0 Å². The molecule has 0 aliphatic carbocycles. The van der Waals surface area contributed by atoms with E-state index in [-0.39, 0.29) is 5.91 Å². The minimum absolute atomic E-state index is 0.221. The average Bonchev–Trinajstić information content (AvgIpc) is 2.36. The molecule has 110 valence electrons. The first-order valence-electron chi connectivity index (χ1n) is 7.54. The molecule has 1 N–H and O–H groups in total. The Morgan fingerprint density at radius 2 is 1.74 bits per heavy atom. The van der Waals surface area contributed by atoms with Crippen LogP contribution in [0.5, 0.6) is 0 Å². The van der Waals surface area contributed by atoms with E-state index in [0.717, 1.165) is 57.8 Å². The van der Waals surface area contributed by atoms with E-state index < -0.39 is 0 Å². The number of nitrogens with zero attached hydrogens (tertiary/aromatic N) is 2. The molecule has 1 aliphatic rings. The highest BCUT2D eigenvalue weighted by atomic mass is 16.2. The first kappa shape index (κ1) is 16.2. The summed E-state index contributed by atoms with van der Waals surface area (Å²) < 4.78 is 0. The lowest BCUT2D eigenvalue weighted by Crippen LogP contribution is -2.40. The summed E-state index contributed by atoms with van der Waals surface area (Å²) in [5, 5.41) is 3.19. The van der Waals surface area contributed by atoms with Gasteiger partial charge in [0.15, 0.2) is 0 Å². The molecule has 0 spiro atoms. The van der Waals surface area contributed by atoms with Gasteiger partial charge in [0.05, 0.1) is 0 Å². The number of nitrogens with one attached hydrogen (secondary N) is 1. The van der Waals surface area contributed by atoms with E-state index in [4.69, 9.17) is 0 Å². The number of amides is 1. The molecule has 1 aliphatic heterocycles. The van der Waals surface area contributed by atoms with Crippen molar-refractivity contribution in [3.05, 3.63) is 11.1 Å². The topological polar surface area (TPSA) is 35.6 Å². The summed E-state index contributed by atoms with van der Waals surface area (Å²) in [4.78, 5) is 16.7. The van der Waals surface area contributed by atoms with Crippen molar-refractivity contribution < 1.29 is 4.79 Å². The Labute approximate surface area is 117 Å². The highest BCUT2D eigenvalue weighted by molar-refractivity contribution is 5.94. The van der Waals surface area contributed by atoms with E-state index in [1.165, 1.54) is 5.57 Å². The highest BCUT2D eigenvalue weighted by Crippen LogP contribution is 2.12. The lowest BCUT2D eigenvalue weighted by atomic mass is 10.0. The predicted octanol–water partition coefficient (Wildman–Crippen LogP) is 1.49. The summed E-state index contributed by atoms with van der Waals surface area (Å²) in [5.74, 6) is 0.221. The van der Waals surface area contributed by atoms with E-state index >= 15 is 0 Å². The van der Waals surface area contributed by atoms with Gasteiger partial charge in [-0.15, -0.1) is 0 Å². The Kier molecular flexibility index (Phi) is 7.10. The minimum Gasteiger partial charge on any atom is -0.339 e. The molecule has 0 atom stereocenters. The molecule has 1 heterocycles. The van der Waals surface area contributed by atoms with Gasteiger partial charge < -0.3 is 15.1 Å². The van der Waals surface area contributed by atoms with E-state index in [2.05, 4.69) is 31.0 Å².